The quantitative estimate of drug-likeness (QED) is 0.627. The number of carbonyl (C=O) groups is 2. The van der Waals surface area contributed by atoms with Crippen LogP contribution in [0.15, 0.2) is 41.1 Å². The summed E-state index contributed by atoms with van der Waals surface area (Å²) in [4.78, 5) is 24.5. The maximum Gasteiger partial charge on any atom is 0.360 e. The van der Waals surface area contributed by atoms with E-state index in [1.54, 1.807) is 37.0 Å². The van der Waals surface area contributed by atoms with Gasteiger partial charge in [0, 0.05) is 18.8 Å². The standard InChI is InChI=1S/C18H18BrN5O3/c1-11-15(16(18(26)27-3)22-23(11)2)21-17(25)13-6-4-12(5-7-13)9-24-10-14(19)8-20-24/h4-8,10H,9H2,1-3H3,(H,21,25). The van der Waals surface area contributed by atoms with Crippen LogP contribution in [0.3, 0.4) is 0 Å². The molecule has 0 saturated carbocycles. The number of carbonyl (C=O) groups excluding carboxylic acids is 2. The fourth-order valence-corrected chi connectivity index (χ4v) is 2.88. The Morgan fingerprint density at radius 1 is 1.26 bits per heavy atom. The zero-order valence-electron chi connectivity index (χ0n) is 15.1. The first-order valence-corrected chi connectivity index (χ1v) is 8.88. The molecule has 1 amide bonds. The summed E-state index contributed by atoms with van der Waals surface area (Å²) in [6.07, 6.45) is 3.59. The van der Waals surface area contributed by atoms with Crippen molar-refractivity contribution in [1.29, 1.82) is 0 Å². The first-order valence-electron chi connectivity index (χ1n) is 8.09. The lowest BCUT2D eigenvalue weighted by atomic mass is 10.1. The molecule has 27 heavy (non-hydrogen) atoms. The monoisotopic (exact) mass is 431 g/mol. The zero-order chi connectivity index (χ0) is 19.6. The number of nitrogens with zero attached hydrogens (tertiary/aromatic N) is 4. The van der Waals surface area contributed by atoms with Crippen molar-refractivity contribution in [1.82, 2.24) is 19.6 Å². The number of benzene rings is 1. The third-order valence-corrected chi connectivity index (χ3v) is 4.52. The molecule has 8 nitrogen and oxygen atoms in total. The molecule has 2 aromatic heterocycles. The molecule has 3 aromatic rings. The number of anilines is 1. The molecular formula is C18H18BrN5O3. The number of hydrogen-bond donors (Lipinski definition) is 1. The molecule has 0 fully saturated rings. The molecule has 0 unspecified atom stereocenters. The molecule has 3 rings (SSSR count). The van der Waals surface area contributed by atoms with Gasteiger partial charge < -0.3 is 10.1 Å². The second-order valence-corrected chi connectivity index (χ2v) is 6.85. The Labute approximate surface area is 164 Å². The average molecular weight is 432 g/mol. The van der Waals surface area contributed by atoms with E-state index in [1.165, 1.54) is 11.8 Å². The van der Waals surface area contributed by atoms with Gasteiger partial charge in [-0.15, -0.1) is 0 Å². The van der Waals surface area contributed by atoms with E-state index < -0.39 is 5.97 Å². The van der Waals surface area contributed by atoms with Gasteiger partial charge in [0.15, 0.2) is 5.69 Å². The lowest BCUT2D eigenvalue weighted by molar-refractivity contribution is 0.0594. The number of esters is 1. The van der Waals surface area contributed by atoms with Gasteiger partial charge in [-0.3, -0.25) is 14.2 Å². The molecule has 0 aliphatic carbocycles. The van der Waals surface area contributed by atoms with Crippen LogP contribution < -0.4 is 5.32 Å². The number of methoxy groups -OCH3 is 1. The first-order chi connectivity index (χ1) is 12.9. The van der Waals surface area contributed by atoms with Gasteiger partial charge >= 0.3 is 5.97 Å². The third-order valence-electron chi connectivity index (χ3n) is 4.11. The zero-order valence-corrected chi connectivity index (χ0v) is 16.6. The number of aromatic nitrogens is 4. The molecule has 140 valence electrons. The lowest BCUT2D eigenvalue weighted by Gasteiger charge is -2.08. The Bertz CT molecular complexity index is 991. The molecular weight excluding hydrogens is 414 g/mol. The van der Waals surface area contributed by atoms with Crippen LogP contribution in [0.5, 0.6) is 0 Å². The molecule has 0 saturated heterocycles. The van der Waals surface area contributed by atoms with E-state index in [2.05, 4.69) is 31.4 Å². The van der Waals surface area contributed by atoms with Crippen LogP contribution in [-0.4, -0.2) is 38.5 Å². The second-order valence-electron chi connectivity index (χ2n) is 5.93. The van der Waals surface area contributed by atoms with Gasteiger partial charge in [-0.2, -0.15) is 10.2 Å². The smallest absolute Gasteiger partial charge is 0.360 e. The largest absolute Gasteiger partial charge is 0.464 e. The van der Waals surface area contributed by atoms with Gasteiger partial charge in [0.05, 0.1) is 35.7 Å². The summed E-state index contributed by atoms with van der Waals surface area (Å²) in [6, 6.07) is 7.18. The number of hydrogen-bond acceptors (Lipinski definition) is 5. The van der Waals surface area contributed by atoms with E-state index in [4.69, 9.17) is 4.74 Å². The minimum absolute atomic E-state index is 0.0757. The Morgan fingerprint density at radius 3 is 2.56 bits per heavy atom. The topological polar surface area (TPSA) is 91.0 Å². The number of aryl methyl sites for hydroxylation is 1. The van der Waals surface area contributed by atoms with Crippen molar-refractivity contribution in [3.63, 3.8) is 0 Å². The molecule has 0 aliphatic rings. The van der Waals surface area contributed by atoms with E-state index in [-0.39, 0.29) is 11.6 Å². The molecule has 0 bridgehead atoms. The number of halogens is 1. The highest BCUT2D eigenvalue weighted by molar-refractivity contribution is 9.10. The molecule has 9 heteroatoms. The van der Waals surface area contributed by atoms with Crippen LogP contribution in [0.4, 0.5) is 5.69 Å². The molecule has 0 radical (unpaired) electrons. The summed E-state index contributed by atoms with van der Waals surface area (Å²) in [5, 5.41) is 11.1. The minimum Gasteiger partial charge on any atom is -0.464 e. The molecule has 1 N–H and O–H groups in total. The predicted octanol–water partition coefficient (Wildman–Crippen LogP) is 2.77. The Kier molecular flexibility index (Phi) is 5.41. The normalized spacial score (nSPS) is 10.7. The van der Waals surface area contributed by atoms with E-state index in [9.17, 15) is 9.59 Å². The summed E-state index contributed by atoms with van der Waals surface area (Å²) in [6.45, 7) is 2.36. The summed E-state index contributed by atoms with van der Waals surface area (Å²) < 4.78 is 8.95. The lowest BCUT2D eigenvalue weighted by Crippen LogP contribution is -2.15. The van der Waals surface area contributed by atoms with Crippen molar-refractivity contribution < 1.29 is 14.3 Å². The van der Waals surface area contributed by atoms with Crippen LogP contribution in [0.2, 0.25) is 0 Å². The van der Waals surface area contributed by atoms with Gasteiger partial charge in [-0.05, 0) is 40.5 Å². The van der Waals surface area contributed by atoms with Crippen LogP contribution in [0.1, 0.15) is 32.1 Å². The van der Waals surface area contributed by atoms with Crippen molar-refractivity contribution in [3.05, 3.63) is 63.6 Å². The number of rotatable bonds is 5. The average Bonchev–Trinajstić information content (AvgIpc) is 3.19. The first kappa shape index (κ1) is 18.8. The molecule has 2 heterocycles. The van der Waals surface area contributed by atoms with Crippen LogP contribution in [0, 0.1) is 6.92 Å². The molecule has 0 atom stereocenters. The van der Waals surface area contributed by atoms with Gasteiger partial charge in [0.2, 0.25) is 0 Å². The molecule has 1 aromatic carbocycles. The number of amides is 1. The highest BCUT2D eigenvalue weighted by atomic mass is 79.9. The maximum atomic E-state index is 12.6. The Hall–Kier alpha value is -2.94. The summed E-state index contributed by atoms with van der Waals surface area (Å²) in [7, 11) is 2.97. The van der Waals surface area contributed by atoms with Crippen molar-refractivity contribution in [2.75, 3.05) is 12.4 Å². The summed E-state index contributed by atoms with van der Waals surface area (Å²) >= 11 is 3.36. The van der Waals surface area contributed by atoms with Gasteiger partial charge in [-0.1, -0.05) is 12.1 Å². The van der Waals surface area contributed by atoms with Gasteiger partial charge in [0.1, 0.15) is 0 Å². The van der Waals surface area contributed by atoms with E-state index in [1.807, 2.05) is 18.3 Å². The molecule has 0 aliphatic heterocycles. The van der Waals surface area contributed by atoms with Crippen LogP contribution in [-0.2, 0) is 18.3 Å². The van der Waals surface area contributed by atoms with Gasteiger partial charge in [0.25, 0.3) is 5.91 Å². The third kappa shape index (κ3) is 4.08. The Morgan fingerprint density at radius 2 is 1.96 bits per heavy atom. The van der Waals surface area contributed by atoms with Crippen molar-refractivity contribution in [2.45, 2.75) is 13.5 Å². The van der Waals surface area contributed by atoms with E-state index in [0.717, 1.165) is 10.0 Å². The maximum absolute atomic E-state index is 12.6. The SMILES string of the molecule is COC(=O)c1nn(C)c(C)c1NC(=O)c1ccc(Cn2cc(Br)cn2)cc1. The van der Waals surface area contributed by atoms with Crippen LogP contribution >= 0.6 is 15.9 Å². The Balaban J connectivity index is 1.76. The highest BCUT2D eigenvalue weighted by Crippen LogP contribution is 2.21. The fraction of sp³-hybridized carbons (Fsp3) is 0.222. The minimum atomic E-state index is -0.602. The highest BCUT2D eigenvalue weighted by Gasteiger charge is 2.22. The van der Waals surface area contributed by atoms with Crippen molar-refractivity contribution in [2.24, 2.45) is 7.05 Å². The van der Waals surface area contributed by atoms with Crippen LogP contribution in [0.25, 0.3) is 0 Å². The van der Waals surface area contributed by atoms with Crippen molar-refractivity contribution >= 4 is 33.5 Å². The predicted molar refractivity (Wildman–Crippen MR) is 103 cm³/mol. The molecule has 0 spiro atoms. The number of nitrogens with one attached hydrogen (secondary N) is 1. The van der Waals surface area contributed by atoms with E-state index >= 15 is 0 Å². The second kappa shape index (κ2) is 7.75. The fourth-order valence-electron chi connectivity index (χ4n) is 2.56. The van der Waals surface area contributed by atoms with Gasteiger partial charge in [-0.25, -0.2) is 4.79 Å². The summed E-state index contributed by atoms with van der Waals surface area (Å²) in [5.74, 6) is -0.931. The van der Waals surface area contributed by atoms with Crippen molar-refractivity contribution in [3.8, 4) is 0 Å². The number of ether oxygens (including phenoxy) is 1. The summed E-state index contributed by atoms with van der Waals surface area (Å²) in [5.41, 5.74) is 2.56. The van der Waals surface area contributed by atoms with E-state index in [0.29, 0.717) is 23.5 Å².